The maximum absolute atomic E-state index is 12.2. The molecule has 0 aliphatic rings. The van der Waals surface area contributed by atoms with E-state index in [9.17, 15) is 14.7 Å². The number of carbonyl (C=O) groups is 2. The smallest absolute Gasteiger partial charge is 0.308 e. The molecule has 1 aromatic carbocycles. The zero-order valence-corrected chi connectivity index (χ0v) is 15.2. The van der Waals surface area contributed by atoms with Gasteiger partial charge in [-0.25, -0.2) is 4.68 Å². The minimum atomic E-state index is -0.894. The van der Waals surface area contributed by atoms with E-state index in [1.54, 1.807) is 10.9 Å². The van der Waals surface area contributed by atoms with Gasteiger partial charge in [0, 0.05) is 17.2 Å². The van der Waals surface area contributed by atoms with Crippen LogP contribution in [0.3, 0.4) is 0 Å². The first kappa shape index (κ1) is 18.2. The molecule has 6 nitrogen and oxygen atoms in total. The monoisotopic (exact) mass is 393 g/mol. The summed E-state index contributed by atoms with van der Waals surface area (Å²) in [7, 11) is 0. The van der Waals surface area contributed by atoms with Gasteiger partial charge in [0.05, 0.1) is 23.4 Å². The van der Waals surface area contributed by atoms with E-state index in [4.69, 9.17) is 0 Å². The number of amides is 1. The molecule has 2 rings (SSSR count). The van der Waals surface area contributed by atoms with Crippen LogP contribution in [0.4, 0.5) is 0 Å². The van der Waals surface area contributed by atoms with Gasteiger partial charge in [-0.3, -0.25) is 9.59 Å². The molecular weight excluding hydrogens is 374 g/mol. The predicted molar refractivity (Wildman–Crippen MR) is 94.2 cm³/mol. The second-order valence-corrected chi connectivity index (χ2v) is 6.94. The van der Waals surface area contributed by atoms with E-state index in [1.807, 2.05) is 38.1 Å². The van der Waals surface area contributed by atoms with Crippen molar-refractivity contribution in [2.24, 2.45) is 11.8 Å². The van der Waals surface area contributed by atoms with Crippen LogP contribution in [0, 0.1) is 11.8 Å². The molecule has 1 atom stereocenters. The molecule has 7 heteroatoms. The largest absolute Gasteiger partial charge is 0.481 e. The number of carbonyl (C=O) groups excluding carboxylic acids is 1. The lowest BCUT2D eigenvalue weighted by Crippen LogP contribution is -2.33. The minimum Gasteiger partial charge on any atom is -0.481 e. The van der Waals surface area contributed by atoms with E-state index in [0.717, 1.165) is 10.2 Å². The Morgan fingerprint density at radius 3 is 2.54 bits per heavy atom. The fourth-order valence-electron chi connectivity index (χ4n) is 2.33. The molecule has 0 fully saturated rings. The van der Waals surface area contributed by atoms with Crippen molar-refractivity contribution in [3.63, 3.8) is 0 Å². The number of rotatable bonds is 7. The Bertz CT molecular complexity index is 710. The molecule has 0 spiro atoms. The van der Waals surface area contributed by atoms with E-state index in [-0.39, 0.29) is 18.4 Å². The first-order valence-corrected chi connectivity index (χ1v) is 8.47. The number of nitrogens with zero attached hydrogens (tertiary/aromatic N) is 2. The predicted octanol–water partition coefficient (Wildman–Crippen LogP) is 3.11. The Labute approximate surface area is 149 Å². The number of halogens is 1. The summed E-state index contributed by atoms with van der Waals surface area (Å²) in [5, 5.41) is 16.1. The summed E-state index contributed by atoms with van der Waals surface area (Å²) in [6, 6.07) is 7.53. The van der Waals surface area contributed by atoms with E-state index >= 15 is 0 Å². The van der Waals surface area contributed by atoms with Gasteiger partial charge >= 0.3 is 5.97 Å². The Kier molecular flexibility index (Phi) is 6.14. The number of hydrogen-bond donors (Lipinski definition) is 2. The first-order valence-electron chi connectivity index (χ1n) is 7.68. The van der Waals surface area contributed by atoms with Crippen molar-refractivity contribution in [3.05, 3.63) is 46.7 Å². The zero-order valence-electron chi connectivity index (χ0n) is 13.6. The molecule has 2 N–H and O–H groups in total. The van der Waals surface area contributed by atoms with Crippen LogP contribution >= 0.6 is 15.9 Å². The van der Waals surface area contributed by atoms with Crippen molar-refractivity contribution in [1.82, 2.24) is 15.1 Å². The number of benzene rings is 1. The molecule has 128 valence electrons. The molecule has 24 heavy (non-hydrogen) atoms. The van der Waals surface area contributed by atoms with Gasteiger partial charge in [-0.1, -0.05) is 29.8 Å². The third-order valence-corrected chi connectivity index (χ3v) is 4.08. The van der Waals surface area contributed by atoms with Crippen LogP contribution in [-0.4, -0.2) is 33.3 Å². The highest BCUT2D eigenvalue weighted by atomic mass is 79.9. The molecule has 1 amide bonds. The minimum absolute atomic E-state index is 0.107. The summed E-state index contributed by atoms with van der Waals surface area (Å²) in [5.41, 5.74) is 1.23. The summed E-state index contributed by atoms with van der Waals surface area (Å²) < 4.78 is 2.56. The summed E-state index contributed by atoms with van der Waals surface area (Å²) in [4.78, 5) is 23.4. The molecule has 0 radical (unpaired) electrons. The molecule has 0 aliphatic heterocycles. The second-order valence-electron chi connectivity index (χ2n) is 6.02. The SMILES string of the molecule is CC(C)CC(CNC(=O)c1cnn(-c2ccc(Br)cc2)c1)C(=O)O. The van der Waals surface area contributed by atoms with E-state index in [2.05, 4.69) is 26.3 Å². The van der Waals surface area contributed by atoms with Crippen molar-refractivity contribution >= 4 is 27.8 Å². The van der Waals surface area contributed by atoms with Crippen LogP contribution in [-0.2, 0) is 4.79 Å². The molecule has 2 aromatic rings. The van der Waals surface area contributed by atoms with Crippen LogP contribution in [0.1, 0.15) is 30.6 Å². The fourth-order valence-corrected chi connectivity index (χ4v) is 2.60. The van der Waals surface area contributed by atoms with E-state index in [0.29, 0.717) is 12.0 Å². The van der Waals surface area contributed by atoms with E-state index in [1.165, 1.54) is 6.20 Å². The zero-order chi connectivity index (χ0) is 17.7. The van der Waals surface area contributed by atoms with Gasteiger partial charge in [0.15, 0.2) is 0 Å². The Balaban J connectivity index is 2.00. The first-order chi connectivity index (χ1) is 11.4. The molecular formula is C17H20BrN3O3. The van der Waals surface area contributed by atoms with Gasteiger partial charge in [-0.05, 0) is 36.6 Å². The number of carboxylic acids is 1. The van der Waals surface area contributed by atoms with Gasteiger partial charge < -0.3 is 10.4 Å². The van der Waals surface area contributed by atoms with Crippen molar-refractivity contribution in [3.8, 4) is 5.69 Å². The van der Waals surface area contributed by atoms with Crippen LogP contribution in [0.15, 0.2) is 41.1 Å². The number of aromatic nitrogens is 2. The van der Waals surface area contributed by atoms with Gasteiger partial charge in [-0.15, -0.1) is 0 Å². The number of aliphatic carboxylic acids is 1. The van der Waals surface area contributed by atoms with Crippen molar-refractivity contribution < 1.29 is 14.7 Å². The topological polar surface area (TPSA) is 84.2 Å². The summed E-state index contributed by atoms with van der Waals surface area (Å²) >= 11 is 3.37. The highest BCUT2D eigenvalue weighted by molar-refractivity contribution is 9.10. The van der Waals surface area contributed by atoms with Gasteiger partial charge in [0.2, 0.25) is 0 Å². The standard InChI is InChI=1S/C17H20BrN3O3/c1-11(2)7-12(17(23)24)8-19-16(22)13-9-20-21(10-13)15-5-3-14(18)4-6-15/h3-6,9-12H,7-8H2,1-2H3,(H,19,22)(H,23,24). The fraction of sp³-hybridized carbons (Fsp3) is 0.353. The highest BCUT2D eigenvalue weighted by Gasteiger charge is 2.20. The Morgan fingerprint density at radius 2 is 1.96 bits per heavy atom. The summed E-state index contributed by atoms with van der Waals surface area (Å²) in [6.07, 6.45) is 3.61. The van der Waals surface area contributed by atoms with Gasteiger partial charge in [0.1, 0.15) is 0 Å². The van der Waals surface area contributed by atoms with Gasteiger partial charge in [-0.2, -0.15) is 5.10 Å². The average molecular weight is 394 g/mol. The molecule has 0 saturated heterocycles. The molecule has 0 bridgehead atoms. The van der Waals surface area contributed by atoms with Crippen molar-refractivity contribution in [2.45, 2.75) is 20.3 Å². The number of nitrogens with one attached hydrogen (secondary N) is 1. The molecule has 0 aliphatic carbocycles. The molecule has 1 heterocycles. The highest BCUT2D eigenvalue weighted by Crippen LogP contribution is 2.14. The third kappa shape index (κ3) is 4.92. The number of hydrogen-bond acceptors (Lipinski definition) is 3. The Hall–Kier alpha value is -2.15. The summed E-state index contributed by atoms with van der Waals surface area (Å²) in [5.74, 6) is -1.55. The molecule has 1 aromatic heterocycles. The normalized spacial score (nSPS) is 12.2. The van der Waals surface area contributed by atoms with E-state index < -0.39 is 11.9 Å². The lowest BCUT2D eigenvalue weighted by atomic mass is 9.97. The maximum Gasteiger partial charge on any atom is 0.308 e. The maximum atomic E-state index is 12.2. The van der Waals surface area contributed by atoms with Crippen LogP contribution in [0.5, 0.6) is 0 Å². The van der Waals surface area contributed by atoms with Crippen LogP contribution in [0.25, 0.3) is 5.69 Å². The van der Waals surface area contributed by atoms with Crippen molar-refractivity contribution in [2.75, 3.05) is 6.54 Å². The average Bonchev–Trinajstić information content (AvgIpc) is 3.01. The molecule has 0 saturated carbocycles. The van der Waals surface area contributed by atoms with Crippen molar-refractivity contribution in [1.29, 1.82) is 0 Å². The second kappa shape index (κ2) is 8.10. The summed E-state index contributed by atoms with van der Waals surface area (Å²) in [6.45, 7) is 4.02. The lowest BCUT2D eigenvalue weighted by molar-refractivity contribution is -0.142. The quantitative estimate of drug-likeness (QED) is 0.756. The lowest BCUT2D eigenvalue weighted by Gasteiger charge is -2.15. The van der Waals surface area contributed by atoms with Gasteiger partial charge in [0.25, 0.3) is 5.91 Å². The third-order valence-electron chi connectivity index (χ3n) is 3.55. The number of carboxylic acid groups (broad SMARTS) is 1. The van der Waals surface area contributed by atoms with Crippen LogP contribution in [0.2, 0.25) is 0 Å². The van der Waals surface area contributed by atoms with Crippen LogP contribution < -0.4 is 5.32 Å². The Morgan fingerprint density at radius 1 is 1.29 bits per heavy atom. The molecule has 1 unspecified atom stereocenters.